The van der Waals surface area contributed by atoms with Crippen LogP contribution in [-0.4, -0.2) is 35.6 Å². The first kappa shape index (κ1) is 15.0. The number of nitrogens with one attached hydrogen (secondary N) is 2. The van der Waals surface area contributed by atoms with Crippen molar-refractivity contribution in [1.82, 2.24) is 10.6 Å². The van der Waals surface area contributed by atoms with Crippen molar-refractivity contribution in [2.24, 2.45) is 5.92 Å². The molecule has 5 heteroatoms. The molecule has 2 atom stereocenters. The molecule has 1 fully saturated rings. The maximum Gasteiger partial charge on any atom is 0.308 e. The Morgan fingerprint density at radius 1 is 1.44 bits per heavy atom. The zero-order valence-electron chi connectivity index (χ0n) is 11.3. The molecule has 1 aliphatic heterocycles. The summed E-state index contributed by atoms with van der Waals surface area (Å²) in [5, 5.41) is 15.0. The van der Waals surface area contributed by atoms with Gasteiger partial charge in [0.1, 0.15) is 0 Å². The van der Waals surface area contributed by atoms with Crippen LogP contribution in [0.15, 0.2) is 0 Å². The van der Waals surface area contributed by atoms with E-state index in [9.17, 15) is 9.59 Å². The Morgan fingerprint density at radius 2 is 2.17 bits per heavy atom. The van der Waals surface area contributed by atoms with Gasteiger partial charge in [-0.25, -0.2) is 0 Å². The number of carbonyl (C=O) groups excluding carboxylic acids is 1. The summed E-state index contributed by atoms with van der Waals surface area (Å²) in [4.78, 5) is 23.1. The fourth-order valence-electron chi connectivity index (χ4n) is 2.32. The third-order valence-corrected chi connectivity index (χ3v) is 3.62. The molecule has 0 aromatic heterocycles. The zero-order valence-corrected chi connectivity index (χ0v) is 11.3. The van der Waals surface area contributed by atoms with Crippen molar-refractivity contribution >= 4 is 11.9 Å². The Morgan fingerprint density at radius 3 is 2.67 bits per heavy atom. The number of hydrogen-bond acceptors (Lipinski definition) is 3. The average Bonchev–Trinajstić information content (AvgIpc) is 2.34. The summed E-state index contributed by atoms with van der Waals surface area (Å²) in [5.74, 6) is -1.39. The van der Waals surface area contributed by atoms with E-state index < -0.39 is 17.4 Å². The van der Waals surface area contributed by atoms with E-state index >= 15 is 0 Å². The Hall–Kier alpha value is -1.10. The number of carboxylic acids is 1. The minimum atomic E-state index is -0.834. The van der Waals surface area contributed by atoms with Gasteiger partial charge < -0.3 is 15.7 Å². The fraction of sp³-hybridized carbons (Fsp3) is 0.846. The molecule has 18 heavy (non-hydrogen) atoms. The Bertz CT molecular complexity index is 299. The Balaban J connectivity index is 2.45. The lowest BCUT2D eigenvalue weighted by atomic mass is 9.90. The quantitative estimate of drug-likeness (QED) is 0.666. The molecule has 5 nitrogen and oxygen atoms in total. The smallest absolute Gasteiger partial charge is 0.308 e. The number of hydrogen-bond donors (Lipinski definition) is 3. The largest absolute Gasteiger partial charge is 0.481 e. The molecular weight excluding hydrogens is 232 g/mol. The highest BCUT2D eigenvalue weighted by atomic mass is 16.4. The molecule has 1 rings (SSSR count). The molecule has 0 aliphatic carbocycles. The van der Waals surface area contributed by atoms with Crippen LogP contribution in [0.5, 0.6) is 0 Å². The second kappa shape index (κ2) is 6.73. The van der Waals surface area contributed by atoms with E-state index in [0.717, 1.165) is 32.2 Å². The summed E-state index contributed by atoms with van der Waals surface area (Å²) >= 11 is 0. The van der Waals surface area contributed by atoms with E-state index in [2.05, 4.69) is 10.6 Å². The third-order valence-electron chi connectivity index (χ3n) is 3.62. The minimum absolute atomic E-state index is 0.0791. The predicted molar refractivity (Wildman–Crippen MR) is 69.3 cm³/mol. The van der Waals surface area contributed by atoms with Crippen molar-refractivity contribution in [3.05, 3.63) is 0 Å². The summed E-state index contributed by atoms with van der Waals surface area (Å²) < 4.78 is 0. The second-order valence-electron chi connectivity index (χ2n) is 5.25. The highest BCUT2D eigenvalue weighted by Gasteiger charge is 2.34. The normalized spacial score (nSPS) is 25.4. The molecule has 0 spiro atoms. The van der Waals surface area contributed by atoms with E-state index in [-0.39, 0.29) is 12.5 Å². The van der Waals surface area contributed by atoms with E-state index in [1.807, 2.05) is 13.8 Å². The monoisotopic (exact) mass is 256 g/mol. The first-order valence-corrected chi connectivity index (χ1v) is 6.75. The van der Waals surface area contributed by atoms with Crippen molar-refractivity contribution in [3.63, 3.8) is 0 Å². The summed E-state index contributed by atoms with van der Waals surface area (Å²) in [6.07, 6.45) is 4.34. The van der Waals surface area contributed by atoms with Crippen LogP contribution in [0.4, 0.5) is 0 Å². The van der Waals surface area contributed by atoms with Crippen LogP contribution in [0.3, 0.4) is 0 Å². The number of rotatable bonds is 6. The van der Waals surface area contributed by atoms with Gasteiger partial charge >= 0.3 is 5.97 Å². The van der Waals surface area contributed by atoms with E-state index in [1.54, 1.807) is 0 Å². The van der Waals surface area contributed by atoms with Gasteiger partial charge in [0.2, 0.25) is 5.91 Å². The second-order valence-corrected chi connectivity index (χ2v) is 5.25. The number of aliphatic carboxylic acids is 1. The maximum absolute atomic E-state index is 12.1. The molecule has 0 aromatic rings. The van der Waals surface area contributed by atoms with Gasteiger partial charge in [-0.15, -0.1) is 0 Å². The molecule has 0 aromatic carbocycles. The van der Waals surface area contributed by atoms with Crippen LogP contribution in [0, 0.1) is 5.92 Å². The molecule has 0 bridgehead atoms. The molecule has 2 unspecified atom stereocenters. The molecule has 1 aliphatic rings. The molecule has 3 N–H and O–H groups in total. The highest BCUT2D eigenvalue weighted by Crippen LogP contribution is 2.19. The topological polar surface area (TPSA) is 78.4 Å². The van der Waals surface area contributed by atoms with Gasteiger partial charge in [-0.2, -0.15) is 0 Å². The minimum Gasteiger partial charge on any atom is -0.481 e. The van der Waals surface area contributed by atoms with Gasteiger partial charge in [-0.3, -0.25) is 9.59 Å². The van der Waals surface area contributed by atoms with E-state index in [1.165, 1.54) is 0 Å². The number of piperidine rings is 1. The van der Waals surface area contributed by atoms with Crippen LogP contribution < -0.4 is 10.6 Å². The maximum atomic E-state index is 12.1. The molecule has 1 amide bonds. The first-order chi connectivity index (χ1) is 8.49. The van der Waals surface area contributed by atoms with Crippen molar-refractivity contribution in [3.8, 4) is 0 Å². The lowest BCUT2D eigenvalue weighted by molar-refractivity contribution is -0.142. The van der Waals surface area contributed by atoms with Crippen LogP contribution >= 0.6 is 0 Å². The average molecular weight is 256 g/mol. The van der Waals surface area contributed by atoms with Crippen LogP contribution in [0.2, 0.25) is 0 Å². The Kier molecular flexibility index (Phi) is 5.59. The number of carbonyl (C=O) groups is 2. The predicted octanol–water partition coefficient (Wildman–Crippen LogP) is 1.14. The standard InChI is InChI=1S/C13H24N2O3/c1-3-6-10(11(16)17)9-14-12(18)13(2)7-4-5-8-15-13/h10,15H,3-9H2,1-2H3,(H,14,18)(H,16,17). The molecule has 104 valence electrons. The molecule has 0 radical (unpaired) electrons. The van der Waals surface area contributed by atoms with Crippen LogP contribution in [0.1, 0.15) is 46.0 Å². The zero-order chi connectivity index (χ0) is 13.6. The Labute approximate surface area is 108 Å². The molecule has 0 saturated carbocycles. The summed E-state index contributed by atoms with van der Waals surface area (Å²) in [7, 11) is 0. The first-order valence-electron chi connectivity index (χ1n) is 6.75. The van der Waals surface area contributed by atoms with E-state index in [4.69, 9.17) is 5.11 Å². The fourth-order valence-corrected chi connectivity index (χ4v) is 2.32. The summed E-state index contributed by atoms with van der Waals surface area (Å²) in [6, 6.07) is 0. The number of carboxylic acid groups (broad SMARTS) is 1. The van der Waals surface area contributed by atoms with Gasteiger partial charge in [0.25, 0.3) is 0 Å². The highest BCUT2D eigenvalue weighted by molar-refractivity contribution is 5.86. The lowest BCUT2D eigenvalue weighted by Crippen LogP contribution is -2.57. The van der Waals surface area contributed by atoms with Crippen molar-refractivity contribution < 1.29 is 14.7 Å². The van der Waals surface area contributed by atoms with E-state index in [0.29, 0.717) is 6.42 Å². The van der Waals surface area contributed by atoms with Crippen molar-refractivity contribution in [2.45, 2.75) is 51.5 Å². The summed E-state index contributed by atoms with van der Waals surface area (Å²) in [6.45, 7) is 4.90. The molecular formula is C13H24N2O3. The van der Waals surface area contributed by atoms with Gasteiger partial charge in [0.05, 0.1) is 11.5 Å². The van der Waals surface area contributed by atoms with Crippen molar-refractivity contribution in [2.75, 3.05) is 13.1 Å². The molecule has 1 saturated heterocycles. The van der Waals surface area contributed by atoms with Gasteiger partial charge in [-0.05, 0) is 39.2 Å². The van der Waals surface area contributed by atoms with Crippen molar-refractivity contribution in [1.29, 1.82) is 0 Å². The number of amides is 1. The van der Waals surface area contributed by atoms with Gasteiger partial charge in [0, 0.05) is 6.54 Å². The van der Waals surface area contributed by atoms with Gasteiger partial charge in [0.15, 0.2) is 0 Å². The van der Waals surface area contributed by atoms with Gasteiger partial charge in [-0.1, -0.05) is 13.3 Å². The summed E-state index contributed by atoms with van der Waals surface area (Å²) in [5.41, 5.74) is -0.534. The van der Waals surface area contributed by atoms with Crippen LogP contribution in [0.25, 0.3) is 0 Å². The van der Waals surface area contributed by atoms with Crippen LogP contribution in [-0.2, 0) is 9.59 Å². The molecule has 1 heterocycles. The SMILES string of the molecule is CCCC(CNC(=O)C1(C)CCCCN1)C(=O)O. The lowest BCUT2D eigenvalue weighted by Gasteiger charge is -2.33. The third kappa shape index (κ3) is 3.98.